The van der Waals surface area contributed by atoms with Gasteiger partial charge >= 0.3 is 0 Å². The van der Waals surface area contributed by atoms with E-state index in [1.165, 1.54) is 0 Å². The van der Waals surface area contributed by atoms with Gasteiger partial charge in [0, 0.05) is 38.1 Å². The molecule has 2 atom stereocenters. The lowest BCUT2D eigenvalue weighted by molar-refractivity contribution is -0.149. The highest BCUT2D eigenvalue weighted by molar-refractivity contribution is 5.81. The van der Waals surface area contributed by atoms with Gasteiger partial charge < -0.3 is 15.5 Å². The Labute approximate surface area is 104 Å². The van der Waals surface area contributed by atoms with Crippen LogP contribution in [0.2, 0.25) is 0 Å². The summed E-state index contributed by atoms with van der Waals surface area (Å²) in [6.07, 6.45) is 0.861. The molecule has 1 amide bonds. The van der Waals surface area contributed by atoms with E-state index in [2.05, 4.69) is 25.7 Å². The molecule has 2 N–H and O–H groups in total. The smallest absolute Gasteiger partial charge is 0.226 e. The molecule has 0 unspecified atom stereocenters. The van der Waals surface area contributed by atoms with Crippen molar-refractivity contribution in [2.75, 3.05) is 32.7 Å². The van der Waals surface area contributed by atoms with Gasteiger partial charge in [-0.05, 0) is 18.4 Å². The van der Waals surface area contributed by atoms with Crippen LogP contribution in [0.5, 0.6) is 0 Å². The second-order valence-electron chi connectivity index (χ2n) is 5.98. The summed E-state index contributed by atoms with van der Waals surface area (Å²) in [5.74, 6) is 0.470. The van der Waals surface area contributed by atoms with Gasteiger partial charge in [-0.3, -0.25) is 4.79 Å². The van der Waals surface area contributed by atoms with E-state index in [-0.39, 0.29) is 17.4 Å². The number of carbonyl (C=O) groups excluding carboxylic acids is 1. The maximum Gasteiger partial charge on any atom is 0.226 e. The summed E-state index contributed by atoms with van der Waals surface area (Å²) in [5.41, 5.74) is 5.96. The first kappa shape index (κ1) is 12.8. The van der Waals surface area contributed by atoms with Gasteiger partial charge in [0.15, 0.2) is 0 Å². The van der Waals surface area contributed by atoms with Gasteiger partial charge in [-0.25, -0.2) is 0 Å². The maximum atomic E-state index is 12.4. The zero-order chi connectivity index (χ0) is 12.6. The summed E-state index contributed by atoms with van der Waals surface area (Å²) in [5, 5.41) is 0. The fraction of sp³-hybridized carbons (Fsp3) is 0.923. The lowest BCUT2D eigenvalue weighted by Gasteiger charge is -2.51. The summed E-state index contributed by atoms with van der Waals surface area (Å²) in [6.45, 7) is 11.3. The second-order valence-corrected chi connectivity index (χ2v) is 5.98. The Morgan fingerprint density at radius 1 is 1.29 bits per heavy atom. The van der Waals surface area contributed by atoms with Gasteiger partial charge in [0.2, 0.25) is 5.91 Å². The first-order chi connectivity index (χ1) is 7.96. The van der Waals surface area contributed by atoms with Crippen molar-refractivity contribution in [3.8, 4) is 0 Å². The van der Waals surface area contributed by atoms with Crippen LogP contribution in [0.4, 0.5) is 0 Å². The van der Waals surface area contributed by atoms with E-state index in [1.807, 2.05) is 4.90 Å². The largest absolute Gasteiger partial charge is 0.340 e. The molecular weight excluding hydrogens is 214 g/mol. The number of likely N-dealkylation sites (N-methyl/N-ethyl adjacent to an activating group) is 1. The predicted molar refractivity (Wildman–Crippen MR) is 68.6 cm³/mol. The molecule has 2 fully saturated rings. The summed E-state index contributed by atoms with van der Waals surface area (Å²) in [4.78, 5) is 16.8. The summed E-state index contributed by atoms with van der Waals surface area (Å²) >= 11 is 0. The molecule has 0 radical (unpaired) electrons. The number of piperazine rings is 1. The van der Waals surface area contributed by atoms with Crippen LogP contribution in [0.15, 0.2) is 0 Å². The molecule has 4 heteroatoms. The number of carbonyl (C=O) groups is 1. The topological polar surface area (TPSA) is 49.6 Å². The molecule has 4 nitrogen and oxygen atoms in total. The van der Waals surface area contributed by atoms with Gasteiger partial charge in [0.05, 0.1) is 0 Å². The van der Waals surface area contributed by atoms with E-state index in [4.69, 9.17) is 5.73 Å². The average Bonchev–Trinajstić information content (AvgIpc) is 2.35. The van der Waals surface area contributed by atoms with Gasteiger partial charge in [0.1, 0.15) is 0 Å². The minimum absolute atomic E-state index is 0.0149. The van der Waals surface area contributed by atoms with Crippen LogP contribution in [-0.4, -0.2) is 54.5 Å². The zero-order valence-electron chi connectivity index (χ0n) is 11.3. The normalized spacial score (nSPS) is 33.3. The third-order valence-electron chi connectivity index (χ3n) is 4.77. The van der Waals surface area contributed by atoms with E-state index in [9.17, 15) is 4.79 Å². The van der Waals surface area contributed by atoms with Crippen LogP contribution in [0.1, 0.15) is 27.2 Å². The molecule has 0 aromatic carbocycles. The number of nitrogens with two attached hydrogens (primary N) is 1. The molecular formula is C13H25N3O. The number of nitrogens with zero attached hydrogens (tertiary/aromatic N) is 2. The first-order valence-corrected chi connectivity index (χ1v) is 6.73. The Kier molecular flexibility index (Phi) is 3.46. The van der Waals surface area contributed by atoms with Crippen molar-refractivity contribution >= 4 is 5.91 Å². The maximum absolute atomic E-state index is 12.4. The van der Waals surface area contributed by atoms with Crippen LogP contribution in [0.25, 0.3) is 0 Å². The van der Waals surface area contributed by atoms with E-state index >= 15 is 0 Å². The molecule has 0 bridgehead atoms. The molecule has 1 saturated carbocycles. The zero-order valence-corrected chi connectivity index (χ0v) is 11.3. The summed E-state index contributed by atoms with van der Waals surface area (Å²) in [6, 6.07) is 0.188. The Hall–Kier alpha value is -0.610. The van der Waals surface area contributed by atoms with Crippen molar-refractivity contribution in [2.45, 2.75) is 33.2 Å². The first-order valence-electron chi connectivity index (χ1n) is 6.73. The molecule has 2 rings (SSSR count). The highest BCUT2D eigenvalue weighted by Crippen LogP contribution is 2.45. The molecule has 1 heterocycles. The highest BCUT2D eigenvalue weighted by Gasteiger charge is 2.51. The SMILES string of the molecule is CCN1CCN(C(=O)[C@@H]2C[C@H](N)C2(C)C)CC1. The number of rotatable bonds is 2. The molecule has 0 aromatic heterocycles. The Morgan fingerprint density at radius 3 is 2.29 bits per heavy atom. The van der Waals surface area contributed by atoms with Gasteiger partial charge in [-0.2, -0.15) is 0 Å². The van der Waals surface area contributed by atoms with E-state index < -0.39 is 0 Å². The van der Waals surface area contributed by atoms with E-state index in [0.717, 1.165) is 39.1 Å². The Balaban J connectivity index is 1.90. The monoisotopic (exact) mass is 239 g/mol. The average molecular weight is 239 g/mol. The van der Waals surface area contributed by atoms with Gasteiger partial charge in [-0.1, -0.05) is 20.8 Å². The van der Waals surface area contributed by atoms with Gasteiger partial charge in [0.25, 0.3) is 0 Å². The number of amides is 1. The third kappa shape index (κ3) is 2.20. The third-order valence-corrected chi connectivity index (χ3v) is 4.77. The van der Waals surface area contributed by atoms with Crippen LogP contribution in [0.3, 0.4) is 0 Å². The molecule has 1 aliphatic heterocycles. The minimum atomic E-state index is -0.0149. The molecule has 0 spiro atoms. The van der Waals surface area contributed by atoms with E-state index in [1.54, 1.807) is 0 Å². The quantitative estimate of drug-likeness (QED) is 0.764. The lowest BCUT2D eigenvalue weighted by atomic mass is 9.58. The van der Waals surface area contributed by atoms with Crippen molar-refractivity contribution in [1.29, 1.82) is 0 Å². The van der Waals surface area contributed by atoms with Crippen molar-refractivity contribution in [3.05, 3.63) is 0 Å². The molecule has 17 heavy (non-hydrogen) atoms. The molecule has 2 aliphatic rings. The van der Waals surface area contributed by atoms with Crippen LogP contribution in [-0.2, 0) is 4.79 Å². The summed E-state index contributed by atoms with van der Waals surface area (Å²) in [7, 11) is 0. The van der Waals surface area contributed by atoms with Crippen LogP contribution in [0, 0.1) is 11.3 Å². The molecule has 1 saturated heterocycles. The van der Waals surface area contributed by atoms with Crippen LogP contribution >= 0.6 is 0 Å². The molecule has 98 valence electrons. The number of hydrogen-bond donors (Lipinski definition) is 1. The van der Waals surface area contributed by atoms with Crippen molar-refractivity contribution in [1.82, 2.24) is 9.80 Å². The van der Waals surface area contributed by atoms with Gasteiger partial charge in [-0.15, -0.1) is 0 Å². The fourth-order valence-corrected chi connectivity index (χ4v) is 2.88. The number of hydrogen-bond acceptors (Lipinski definition) is 3. The summed E-state index contributed by atoms with van der Waals surface area (Å²) < 4.78 is 0. The van der Waals surface area contributed by atoms with Crippen molar-refractivity contribution < 1.29 is 4.79 Å². The van der Waals surface area contributed by atoms with Crippen molar-refractivity contribution in [3.63, 3.8) is 0 Å². The Morgan fingerprint density at radius 2 is 1.88 bits per heavy atom. The highest BCUT2D eigenvalue weighted by atomic mass is 16.2. The fourth-order valence-electron chi connectivity index (χ4n) is 2.88. The second kappa shape index (κ2) is 4.58. The Bertz CT molecular complexity index is 295. The molecule has 0 aromatic rings. The van der Waals surface area contributed by atoms with Crippen LogP contribution < -0.4 is 5.73 Å². The lowest BCUT2D eigenvalue weighted by Crippen LogP contribution is -2.61. The predicted octanol–water partition coefficient (Wildman–Crippen LogP) is 0.524. The minimum Gasteiger partial charge on any atom is -0.340 e. The van der Waals surface area contributed by atoms with E-state index in [0.29, 0.717) is 5.91 Å². The van der Waals surface area contributed by atoms with Crippen molar-refractivity contribution in [2.24, 2.45) is 17.1 Å². The molecule has 1 aliphatic carbocycles. The standard InChI is InChI=1S/C13H25N3O/c1-4-15-5-7-16(8-6-15)12(17)10-9-11(14)13(10,2)3/h10-11H,4-9,14H2,1-3H3/t10-,11-/m0/s1.